The van der Waals surface area contributed by atoms with Crippen LogP contribution in [0.4, 0.5) is 11.4 Å². The lowest BCUT2D eigenvalue weighted by Crippen LogP contribution is -2.12. The Morgan fingerprint density at radius 3 is 2.42 bits per heavy atom. The highest BCUT2D eigenvalue weighted by Gasteiger charge is 2.17. The number of nitrogens with zero attached hydrogens (tertiary/aromatic N) is 1. The summed E-state index contributed by atoms with van der Waals surface area (Å²) in [5, 5.41) is 13.8. The normalized spacial score (nSPS) is 10.4. The lowest BCUT2D eigenvalue weighted by molar-refractivity contribution is -0.384. The highest BCUT2D eigenvalue weighted by Crippen LogP contribution is 2.29. The second-order valence-electron chi connectivity index (χ2n) is 5.79. The number of carbonyl (C=O) groups excluding carboxylic acids is 1. The molecular weight excluding hydrogens is 308 g/mol. The Balaban J connectivity index is 2.44. The summed E-state index contributed by atoms with van der Waals surface area (Å²) in [5.74, 6) is 0.241. The van der Waals surface area contributed by atoms with E-state index in [2.05, 4.69) is 12.2 Å². The maximum Gasteiger partial charge on any atom is 0.296 e. The summed E-state index contributed by atoms with van der Waals surface area (Å²) in [6, 6.07) is 4.48. The fraction of sp³-hybridized carbons (Fsp3) is 0.611. The van der Waals surface area contributed by atoms with Crippen LogP contribution in [0, 0.1) is 10.1 Å². The molecule has 1 amide bonds. The van der Waals surface area contributed by atoms with Gasteiger partial charge >= 0.3 is 0 Å². The van der Waals surface area contributed by atoms with Crippen molar-refractivity contribution in [2.24, 2.45) is 0 Å². The molecule has 6 nitrogen and oxygen atoms in total. The minimum Gasteiger partial charge on any atom is -0.494 e. The minimum absolute atomic E-state index is 0.145. The van der Waals surface area contributed by atoms with Crippen molar-refractivity contribution in [3.8, 4) is 5.75 Å². The number of carbonyl (C=O) groups is 1. The zero-order valence-corrected chi connectivity index (χ0v) is 14.7. The molecule has 0 bridgehead atoms. The van der Waals surface area contributed by atoms with Crippen molar-refractivity contribution in [2.75, 3.05) is 11.9 Å². The number of amides is 1. The summed E-state index contributed by atoms with van der Waals surface area (Å²) >= 11 is 0. The third kappa shape index (κ3) is 7.44. The van der Waals surface area contributed by atoms with Crippen molar-refractivity contribution in [2.45, 2.75) is 65.2 Å². The van der Waals surface area contributed by atoms with Gasteiger partial charge in [0.1, 0.15) is 11.4 Å². The van der Waals surface area contributed by atoms with Gasteiger partial charge in [0.25, 0.3) is 5.69 Å². The Kier molecular flexibility index (Phi) is 9.49. The number of nitrogens with one attached hydrogen (secondary N) is 1. The van der Waals surface area contributed by atoms with E-state index < -0.39 is 4.92 Å². The Labute approximate surface area is 143 Å². The SMILES string of the molecule is CCCCCCCCCC(=O)Nc1ccc(OCC)cc1[N+](=O)[O-]. The summed E-state index contributed by atoms with van der Waals surface area (Å²) in [4.78, 5) is 22.6. The van der Waals surface area contributed by atoms with Crippen molar-refractivity contribution < 1.29 is 14.5 Å². The second kappa shape index (κ2) is 11.4. The van der Waals surface area contributed by atoms with E-state index in [1.807, 2.05) is 6.92 Å². The van der Waals surface area contributed by atoms with Crippen LogP contribution in [0.5, 0.6) is 5.75 Å². The van der Waals surface area contributed by atoms with Gasteiger partial charge in [0.05, 0.1) is 17.6 Å². The largest absolute Gasteiger partial charge is 0.494 e. The van der Waals surface area contributed by atoms with Crippen molar-refractivity contribution in [3.05, 3.63) is 28.3 Å². The lowest BCUT2D eigenvalue weighted by Gasteiger charge is -2.08. The smallest absolute Gasteiger partial charge is 0.296 e. The first-order chi connectivity index (χ1) is 11.6. The molecule has 0 saturated heterocycles. The zero-order chi connectivity index (χ0) is 17.8. The number of nitro benzene ring substituents is 1. The number of hydrogen-bond donors (Lipinski definition) is 1. The van der Waals surface area contributed by atoms with Crippen LogP contribution < -0.4 is 10.1 Å². The highest BCUT2D eigenvalue weighted by atomic mass is 16.6. The molecule has 0 heterocycles. The van der Waals surface area contributed by atoms with E-state index in [9.17, 15) is 14.9 Å². The first-order valence-corrected chi connectivity index (χ1v) is 8.79. The van der Waals surface area contributed by atoms with Gasteiger partial charge in [-0.15, -0.1) is 0 Å². The molecule has 1 aromatic rings. The zero-order valence-electron chi connectivity index (χ0n) is 14.7. The van der Waals surface area contributed by atoms with Crippen LogP contribution >= 0.6 is 0 Å². The fourth-order valence-corrected chi connectivity index (χ4v) is 2.48. The number of ether oxygens (including phenoxy) is 1. The molecular formula is C18H28N2O4. The second-order valence-corrected chi connectivity index (χ2v) is 5.79. The molecule has 0 unspecified atom stereocenters. The monoisotopic (exact) mass is 336 g/mol. The number of benzene rings is 1. The average molecular weight is 336 g/mol. The molecule has 1 N–H and O–H groups in total. The molecule has 0 aliphatic heterocycles. The number of nitro groups is 1. The van der Waals surface area contributed by atoms with E-state index in [1.165, 1.54) is 37.8 Å². The van der Waals surface area contributed by atoms with E-state index in [4.69, 9.17) is 4.74 Å². The number of hydrogen-bond acceptors (Lipinski definition) is 4. The molecule has 0 aliphatic carbocycles. The van der Waals surface area contributed by atoms with E-state index in [1.54, 1.807) is 6.07 Å². The van der Waals surface area contributed by atoms with Gasteiger partial charge in [-0.25, -0.2) is 0 Å². The predicted molar refractivity (Wildman–Crippen MR) is 95.5 cm³/mol. The van der Waals surface area contributed by atoms with E-state index in [0.717, 1.165) is 19.3 Å². The van der Waals surface area contributed by atoms with Crippen LogP contribution in [0.1, 0.15) is 65.2 Å². The van der Waals surface area contributed by atoms with Gasteiger partial charge in [0.15, 0.2) is 0 Å². The molecule has 0 aromatic heterocycles. The van der Waals surface area contributed by atoms with Crippen molar-refractivity contribution in [3.63, 3.8) is 0 Å². The Morgan fingerprint density at radius 1 is 1.12 bits per heavy atom. The Morgan fingerprint density at radius 2 is 1.79 bits per heavy atom. The topological polar surface area (TPSA) is 81.5 Å². The molecule has 6 heteroatoms. The summed E-state index contributed by atoms with van der Waals surface area (Å²) in [7, 11) is 0. The maximum atomic E-state index is 12.0. The van der Waals surface area contributed by atoms with Crippen LogP contribution in [0.2, 0.25) is 0 Å². The molecule has 0 saturated carbocycles. The van der Waals surface area contributed by atoms with E-state index in [0.29, 0.717) is 18.8 Å². The molecule has 134 valence electrons. The lowest BCUT2D eigenvalue weighted by atomic mass is 10.1. The molecule has 0 atom stereocenters. The predicted octanol–water partition coefficient (Wildman–Crippen LogP) is 5.07. The van der Waals surface area contributed by atoms with Gasteiger partial charge in [-0.3, -0.25) is 14.9 Å². The maximum absolute atomic E-state index is 12.0. The molecule has 0 aliphatic rings. The quantitative estimate of drug-likeness (QED) is 0.328. The summed E-state index contributed by atoms with van der Waals surface area (Å²) in [5.41, 5.74) is 0.0743. The molecule has 0 fully saturated rings. The number of unbranched alkanes of at least 4 members (excludes halogenated alkanes) is 6. The minimum atomic E-state index is -0.508. The molecule has 0 spiro atoms. The van der Waals surface area contributed by atoms with Gasteiger partial charge in [0.2, 0.25) is 5.91 Å². The van der Waals surface area contributed by atoms with Gasteiger partial charge in [0, 0.05) is 6.42 Å². The van der Waals surface area contributed by atoms with Gasteiger partial charge in [-0.2, -0.15) is 0 Å². The number of rotatable bonds is 12. The Hall–Kier alpha value is -2.11. The van der Waals surface area contributed by atoms with Gasteiger partial charge in [-0.05, 0) is 25.5 Å². The van der Waals surface area contributed by atoms with Crippen molar-refractivity contribution in [1.82, 2.24) is 0 Å². The van der Waals surface area contributed by atoms with Gasteiger partial charge in [-0.1, -0.05) is 45.4 Å². The summed E-state index contributed by atoms with van der Waals surface area (Å²) < 4.78 is 5.26. The third-order valence-corrected chi connectivity index (χ3v) is 3.76. The first kappa shape index (κ1) is 19.9. The van der Waals surface area contributed by atoms with Crippen LogP contribution in [0.3, 0.4) is 0 Å². The van der Waals surface area contributed by atoms with Crippen LogP contribution in [0.25, 0.3) is 0 Å². The molecule has 0 radical (unpaired) electrons. The van der Waals surface area contributed by atoms with E-state index in [-0.39, 0.29) is 17.3 Å². The number of anilines is 1. The van der Waals surface area contributed by atoms with Gasteiger partial charge < -0.3 is 10.1 Å². The van der Waals surface area contributed by atoms with Crippen molar-refractivity contribution in [1.29, 1.82) is 0 Å². The van der Waals surface area contributed by atoms with Crippen LogP contribution in [-0.2, 0) is 4.79 Å². The summed E-state index contributed by atoms with van der Waals surface area (Å²) in [6.45, 7) is 4.43. The van der Waals surface area contributed by atoms with Crippen LogP contribution in [-0.4, -0.2) is 17.4 Å². The summed E-state index contributed by atoms with van der Waals surface area (Å²) in [6.07, 6.45) is 8.30. The first-order valence-electron chi connectivity index (χ1n) is 8.79. The standard InChI is InChI=1S/C18H28N2O4/c1-3-5-6-7-8-9-10-11-18(21)19-16-13-12-15(24-4-2)14-17(16)20(22)23/h12-14H,3-11H2,1-2H3,(H,19,21). The Bertz CT molecular complexity index is 532. The molecule has 1 rings (SSSR count). The third-order valence-electron chi connectivity index (χ3n) is 3.76. The molecule has 24 heavy (non-hydrogen) atoms. The highest BCUT2D eigenvalue weighted by molar-refractivity contribution is 5.93. The van der Waals surface area contributed by atoms with E-state index >= 15 is 0 Å². The van der Waals surface area contributed by atoms with Crippen LogP contribution in [0.15, 0.2) is 18.2 Å². The van der Waals surface area contributed by atoms with Crippen molar-refractivity contribution >= 4 is 17.3 Å². The average Bonchev–Trinajstić information content (AvgIpc) is 2.55. The fourth-order valence-electron chi connectivity index (χ4n) is 2.48. The molecule has 1 aromatic carbocycles.